The largest absolute Gasteiger partial charge is 0.0628 e. The van der Waals surface area contributed by atoms with Crippen LogP contribution in [0, 0.1) is 17.8 Å². The van der Waals surface area contributed by atoms with E-state index in [0.717, 1.165) is 17.8 Å². The molecule has 0 saturated heterocycles. The van der Waals surface area contributed by atoms with E-state index in [1.165, 1.54) is 51.4 Å². The molecule has 1 unspecified atom stereocenters. The lowest BCUT2D eigenvalue weighted by molar-refractivity contribution is 0.299. The van der Waals surface area contributed by atoms with Gasteiger partial charge < -0.3 is 0 Å². The zero-order chi connectivity index (χ0) is 10.4. The Kier molecular flexibility index (Phi) is 5.59. The SMILES string of the molecule is CC(C)CC(C)CCC1CCCCC1. The first-order chi connectivity index (χ1) is 6.68. The summed E-state index contributed by atoms with van der Waals surface area (Å²) in [5.41, 5.74) is 0. The zero-order valence-corrected chi connectivity index (χ0v) is 10.4. The van der Waals surface area contributed by atoms with Gasteiger partial charge in [-0.25, -0.2) is 0 Å². The van der Waals surface area contributed by atoms with Crippen molar-refractivity contribution in [2.45, 2.75) is 72.1 Å². The molecule has 0 radical (unpaired) electrons. The van der Waals surface area contributed by atoms with Crippen molar-refractivity contribution in [1.82, 2.24) is 0 Å². The molecule has 0 heterocycles. The standard InChI is InChI=1S/C14H28/c1-12(2)11-13(3)9-10-14-7-5-4-6-8-14/h12-14H,4-11H2,1-3H3. The minimum atomic E-state index is 0.886. The summed E-state index contributed by atoms with van der Waals surface area (Å²) in [6.07, 6.45) is 12.0. The first kappa shape index (κ1) is 12.1. The highest BCUT2D eigenvalue weighted by Gasteiger charge is 2.14. The third-order valence-electron chi connectivity index (χ3n) is 3.67. The highest BCUT2D eigenvalue weighted by molar-refractivity contribution is 4.67. The van der Waals surface area contributed by atoms with Gasteiger partial charge in [0.1, 0.15) is 0 Å². The van der Waals surface area contributed by atoms with E-state index >= 15 is 0 Å². The van der Waals surface area contributed by atoms with Crippen LogP contribution in [0.1, 0.15) is 72.1 Å². The van der Waals surface area contributed by atoms with Crippen molar-refractivity contribution in [1.29, 1.82) is 0 Å². The Hall–Kier alpha value is 0. The molecule has 1 saturated carbocycles. The maximum absolute atomic E-state index is 2.43. The van der Waals surface area contributed by atoms with E-state index in [2.05, 4.69) is 20.8 Å². The third kappa shape index (κ3) is 5.02. The summed E-state index contributed by atoms with van der Waals surface area (Å²) in [5.74, 6) is 2.92. The average Bonchev–Trinajstić information content (AvgIpc) is 2.15. The van der Waals surface area contributed by atoms with Crippen LogP contribution in [-0.2, 0) is 0 Å². The van der Waals surface area contributed by atoms with Gasteiger partial charge in [-0.15, -0.1) is 0 Å². The lowest BCUT2D eigenvalue weighted by atomic mass is 9.83. The molecule has 14 heavy (non-hydrogen) atoms. The molecule has 1 fully saturated rings. The van der Waals surface area contributed by atoms with Gasteiger partial charge in [-0.2, -0.15) is 0 Å². The fraction of sp³-hybridized carbons (Fsp3) is 1.00. The number of hydrogen-bond donors (Lipinski definition) is 0. The van der Waals surface area contributed by atoms with E-state index in [1.807, 2.05) is 0 Å². The van der Waals surface area contributed by atoms with Crippen molar-refractivity contribution < 1.29 is 0 Å². The van der Waals surface area contributed by atoms with Crippen molar-refractivity contribution >= 4 is 0 Å². The molecule has 1 rings (SSSR count). The smallest absolute Gasteiger partial charge is 0.0414 e. The number of rotatable bonds is 5. The van der Waals surface area contributed by atoms with Gasteiger partial charge in [0.05, 0.1) is 0 Å². The molecule has 0 aromatic rings. The maximum atomic E-state index is 2.43. The van der Waals surface area contributed by atoms with Crippen molar-refractivity contribution in [3.63, 3.8) is 0 Å². The Morgan fingerprint density at radius 1 is 1.00 bits per heavy atom. The highest BCUT2D eigenvalue weighted by atomic mass is 14.2. The predicted molar refractivity (Wildman–Crippen MR) is 64.4 cm³/mol. The van der Waals surface area contributed by atoms with Crippen molar-refractivity contribution in [3.05, 3.63) is 0 Å². The third-order valence-corrected chi connectivity index (χ3v) is 3.67. The summed E-state index contributed by atoms with van der Waals surface area (Å²) in [5, 5.41) is 0. The molecule has 0 amide bonds. The summed E-state index contributed by atoms with van der Waals surface area (Å²) >= 11 is 0. The van der Waals surface area contributed by atoms with Gasteiger partial charge in [0.2, 0.25) is 0 Å². The van der Waals surface area contributed by atoms with Crippen LogP contribution in [0.15, 0.2) is 0 Å². The van der Waals surface area contributed by atoms with E-state index in [1.54, 1.807) is 0 Å². The van der Waals surface area contributed by atoms with Crippen molar-refractivity contribution in [2.24, 2.45) is 17.8 Å². The summed E-state index contributed by atoms with van der Waals surface area (Å²) < 4.78 is 0. The van der Waals surface area contributed by atoms with Crippen molar-refractivity contribution in [3.8, 4) is 0 Å². The molecule has 0 bridgehead atoms. The molecule has 0 spiro atoms. The van der Waals surface area contributed by atoms with Crippen LogP contribution >= 0.6 is 0 Å². The van der Waals surface area contributed by atoms with Crippen LogP contribution in [-0.4, -0.2) is 0 Å². The van der Waals surface area contributed by atoms with Gasteiger partial charge in [0.15, 0.2) is 0 Å². The van der Waals surface area contributed by atoms with Crippen LogP contribution in [0.25, 0.3) is 0 Å². The molecular formula is C14H28. The molecule has 1 atom stereocenters. The van der Waals surface area contributed by atoms with E-state index in [4.69, 9.17) is 0 Å². The van der Waals surface area contributed by atoms with Crippen LogP contribution in [0.4, 0.5) is 0 Å². The Labute approximate surface area is 90.5 Å². The van der Waals surface area contributed by atoms with Gasteiger partial charge in [-0.3, -0.25) is 0 Å². The van der Waals surface area contributed by atoms with Crippen LogP contribution in [0.3, 0.4) is 0 Å². The molecule has 0 N–H and O–H groups in total. The number of hydrogen-bond acceptors (Lipinski definition) is 0. The van der Waals surface area contributed by atoms with Crippen LogP contribution in [0.2, 0.25) is 0 Å². The molecule has 0 heteroatoms. The normalized spacial score (nSPS) is 21.4. The lowest BCUT2D eigenvalue weighted by Gasteiger charge is -2.23. The second kappa shape index (κ2) is 6.48. The van der Waals surface area contributed by atoms with E-state index in [0.29, 0.717) is 0 Å². The maximum Gasteiger partial charge on any atom is -0.0414 e. The lowest BCUT2D eigenvalue weighted by Crippen LogP contribution is -2.09. The first-order valence-electron chi connectivity index (χ1n) is 6.68. The quantitative estimate of drug-likeness (QED) is 0.578. The molecule has 1 aliphatic rings. The van der Waals surface area contributed by atoms with E-state index in [-0.39, 0.29) is 0 Å². The summed E-state index contributed by atoms with van der Waals surface area (Å²) in [4.78, 5) is 0. The highest BCUT2D eigenvalue weighted by Crippen LogP contribution is 2.29. The minimum Gasteiger partial charge on any atom is -0.0628 e. The molecular weight excluding hydrogens is 168 g/mol. The van der Waals surface area contributed by atoms with Gasteiger partial charge in [-0.05, 0) is 24.2 Å². The average molecular weight is 196 g/mol. The van der Waals surface area contributed by atoms with Crippen LogP contribution < -0.4 is 0 Å². The monoisotopic (exact) mass is 196 g/mol. The predicted octanol–water partition coefficient (Wildman–Crippen LogP) is 5.03. The van der Waals surface area contributed by atoms with Crippen LogP contribution in [0.5, 0.6) is 0 Å². The van der Waals surface area contributed by atoms with Gasteiger partial charge in [-0.1, -0.05) is 65.7 Å². The molecule has 1 aliphatic carbocycles. The Morgan fingerprint density at radius 2 is 1.64 bits per heavy atom. The Morgan fingerprint density at radius 3 is 2.21 bits per heavy atom. The minimum absolute atomic E-state index is 0.886. The molecule has 0 aromatic heterocycles. The second-order valence-corrected chi connectivity index (χ2v) is 5.82. The fourth-order valence-corrected chi connectivity index (χ4v) is 2.92. The first-order valence-corrected chi connectivity index (χ1v) is 6.68. The van der Waals surface area contributed by atoms with Gasteiger partial charge in [0.25, 0.3) is 0 Å². The van der Waals surface area contributed by atoms with E-state index in [9.17, 15) is 0 Å². The second-order valence-electron chi connectivity index (χ2n) is 5.82. The zero-order valence-electron chi connectivity index (χ0n) is 10.4. The van der Waals surface area contributed by atoms with Gasteiger partial charge in [0, 0.05) is 0 Å². The Bertz CT molecular complexity index is 131. The van der Waals surface area contributed by atoms with E-state index < -0.39 is 0 Å². The molecule has 0 nitrogen and oxygen atoms in total. The molecule has 84 valence electrons. The fourth-order valence-electron chi connectivity index (χ4n) is 2.92. The molecule has 0 aliphatic heterocycles. The summed E-state index contributed by atoms with van der Waals surface area (Å²) in [7, 11) is 0. The Balaban J connectivity index is 2.06. The molecule has 0 aromatic carbocycles. The van der Waals surface area contributed by atoms with Gasteiger partial charge >= 0.3 is 0 Å². The van der Waals surface area contributed by atoms with Crippen molar-refractivity contribution in [2.75, 3.05) is 0 Å². The summed E-state index contributed by atoms with van der Waals surface area (Å²) in [6, 6.07) is 0. The topological polar surface area (TPSA) is 0 Å². The summed E-state index contributed by atoms with van der Waals surface area (Å²) in [6.45, 7) is 7.12.